The number of benzene rings is 1. The summed E-state index contributed by atoms with van der Waals surface area (Å²) in [6.45, 7) is 4.40. The molecule has 1 aromatic carbocycles. The zero-order valence-corrected chi connectivity index (χ0v) is 10.9. The minimum absolute atomic E-state index is 0.108. The Labute approximate surface area is 107 Å². The van der Waals surface area contributed by atoms with Gasteiger partial charge in [0.05, 0.1) is 23.9 Å². The smallest absolute Gasteiger partial charge is 0.255 e. The lowest BCUT2D eigenvalue weighted by molar-refractivity contribution is 0.0864. The number of hydrogen-bond acceptors (Lipinski definition) is 4. The van der Waals surface area contributed by atoms with E-state index in [1.54, 1.807) is 19.2 Å². The number of methoxy groups -OCH3 is 1. The predicted octanol–water partition coefficient (Wildman–Crippen LogP) is 1.38. The molecule has 0 fully saturated rings. The summed E-state index contributed by atoms with van der Waals surface area (Å²) in [4.78, 5) is 12.0. The number of carbonyl (C=O) groups is 1. The van der Waals surface area contributed by atoms with Crippen molar-refractivity contribution in [1.82, 2.24) is 5.32 Å². The normalized spacial score (nSPS) is 12.4. The SMILES string of the molecule is COCC(NC(=O)c1cccc(N)c1O)C(C)C. The van der Waals surface area contributed by atoms with Crippen LogP contribution in [0.25, 0.3) is 0 Å². The van der Waals surface area contributed by atoms with Crippen molar-refractivity contribution < 1.29 is 14.6 Å². The molecule has 5 nitrogen and oxygen atoms in total. The second kappa shape index (κ2) is 6.26. The Kier molecular flexibility index (Phi) is 4.97. The van der Waals surface area contributed by atoms with Crippen LogP contribution in [0.1, 0.15) is 24.2 Å². The molecule has 100 valence electrons. The van der Waals surface area contributed by atoms with Gasteiger partial charge in [-0.2, -0.15) is 0 Å². The minimum atomic E-state index is -0.351. The van der Waals surface area contributed by atoms with Gasteiger partial charge in [0, 0.05) is 7.11 Å². The highest BCUT2D eigenvalue weighted by Crippen LogP contribution is 2.24. The number of aromatic hydroxyl groups is 1. The number of phenols is 1. The van der Waals surface area contributed by atoms with Gasteiger partial charge in [-0.25, -0.2) is 0 Å². The third-order valence-electron chi connectivity index (χ3n) is 2.78. The Balaban J connectivity index is 2.84. The van der Waals surface area contributed by atoms with Gasteiger partial charge in [-0.3, -0.25) is 4.79 Å². The predicted molar refractivity (Wildman–Crippen MR) is 70.5 cm³/mol. The van der Waals surface area contributed by atoms with Gasteiger partial charge in [0.15, 0.2) is 5.75 Å². The molecule has 0 radical (unpaired) electrons. The quantitative estimate of drug-likeness (QED) is 0.546. The lowest BCUT2D eigenvalue weighted by Gasteiger charge is -2.21. The molecule has 5 heteroatoms. The zero-order valence-electron chi connectivity index (χ0n) is 10.9. The first-order valence-corrected chi connectivity index (χ1v) is 5.84. The largest absolute Gasteiger partial charge is 0.505 e. The van der Waals surface area contributed by atoms with Crippen LogP contribution in [0.4, 0.5) is 5.69 Å². The summed E-state index contributed by atoms with van der Waals surface area (Å²) in [5.74, 6) is -0.303. The zero-order chi connectivity index (χ0) is 13.7. The van der Waals surface area contributed by atoms with Crippen molar-refractivity contribution in [3.05, 3.63) is 23.8 Å². The summed E-state index contributed by atoms with van der Waals surface area (Å²) in [7, 11) is 1.58. The maximum Gasteiger partial charge on any atom is 0.255 e. The molecule has 0 spiro atoms. The highest BCUT2D eigenvalue weighted by molar-refractivity contribution is 5.98. The number of amides is 1. The number of para-hydroxylation sites is 1. The molecular formula is C13H20N2O3. The van der Waals surface area contributed by atoms with Crippen LogP contribution in [0.2, 0.25) is 0 Å². The molecule has 18 heavy (non-hydrogen) atoms. The van der Waals surface area contributed by atoms with E-state index in [1.165, 1.54) is 6.07 Å². The molecular weight excluding hydrogens is 232 g/mol. The van der Waals surface area contributed by atoms with E-state index in [9.17, 15) is 9.90 Å². The number of nitrogens with two attached hydrogens (primary N) is 1. The average molecular weight is 252 g/mol. The van der Waals surface area contributed by atoms with Crippen molar-refractivity contribution in [3.63, 3.8) is 0 Å². The lowest BCUT2D eigenvalue weighted by Crippen LogP contribution is -2.41. The first kappa shape index (κ1) is 14.3. The van der Waals surface area contributed by atoms with Crippen LogP contribution in [-0.4, -0.2) is 30.8 Å². The van der Waals surface area contributed by atoms with Gasteiger partial charge in [0.2, 0.25) is 0 Å². The molecule has 0 aromatic heterocycles. The fraction of sp³-hybridized carbons (Fsp3) is 0.462. The molecule has 1 atom stereocenters. The van der Waals surface area contributed by atoms with E-state index in [0.717, 1.165) is 0 Å². The molecule has 0 bridgehead atoms. The van der Waals surface area contributed by atoms with Crippen LogP contribution in [0, 0.1) is 5.92 Å². The Bertz CT molecular complexity index is 419. The first-order valence-electron chi connectivity index (χ1n) is 5.84. The maximum atomic E-state index is 12.0. The van der Waals surface area contributed by atoms with Crippen LogP contribution in [0.5, 0.6) is 5.75 Å². The van der Waals surface area contributed by atoms with Crippen molar-refractivity contribution in [2.24, 2.45) is 5.92 Å². The summed E-state index contributed by atoms with van der Waals surface area (Å²) in [6.07, 6.45) is 0. The second-order valence-electron chi connectivity index (χ2n) is 4.52. The van der Waals surface area contributed by atoms with Crippen LogP contribution in [0.3, 0.4) is 0 Å². The number of carbonyl (C=O) groups excluding carboxylic acids is 1. The molecule has 0 heterocycles. The molecule has 0 saturated heterocycles. The van der Waals surface area contributed by atoms with E-state index in [-0.39, 0.29) is 34.9 Å². The summed E-state index contributed by atoms with van der Waals surface area (Å²) >= 11 is 0. The molecule has 1 rings (SSSR count). The summed E-state index contributed by atoms with van der Waals surface area (Å²) in [6, 6.07) is 4.60. The standard InChI is InChI=1S/C13H20N2O3/c1-8(2)11(7-18-3)15-13(17)9-5-4-6-10(14)12(9)16/h4-6,8,11,16H,7,14H2,1-3H3,(H,15,17). The van der Waals surface area contributed by atoms with Crippen LogP contribution >= 0.6 is 0 Å². The first-order chi connectivity index (χ1) is 8.47. The highest BCUT2D eigenvalue weighted by Gasteiger charge is 2.19. The van der Waals surface area contributed by atoms with Gasteiger partial charge in [-0.05, 0) is 18.1 Å². The second-order valence-corrected chi connectivity index (χ2v) is 4.52. The van der Waals surface area contributed by atoms with Crippen LogP contribution < -0.4 is 11.1 Å². The van der Waals surface area contributed by atoms with E-state index >= 15 is 0 Å². The molecule has 1 unspecified atom stereocenters. The number of nitrogens with one attached hydrogen (secondary N) is 1. The number of anilines is 1. The fourth-order valence-electron chi connectivity index (χ4n) is 1.57. The van der Waals surface area contributed by atoms with Gasteiger partial charge < -0.3 is 20.9 Å². The molecule has 0 saturated carbocycles. The van der Waals surface area contributed by atoms with Crippen molar-refractivity contribution in [3.8, 4) is 5.75 Å². The van der Waals surface area contributed by atoms with E-state index in [0.29, 0.717) is 6.61 Å². The van der Waals surface area contributed by atoms with Gasteiger partial charge in [0.1, 0.15) is 0 Å². The van der Waals surface area contributed by atoms with Crippen molar-refractivity contribution in [2.45, 2.75) is 19.9 Å². The number of hydrogen-bond donors (Lipinski definition) is 3. The Morgan fingerprint density at radius 2 is 2.17 bits per heavy atom. The van der Waals surface area contributed by atoms with Gasteiger partial charge >= 0.3 is 0 Å². The van der Waals surface area contributed by atoms with Gasteiger partial charge in [-0.15, -0.1) is 0 Å². The third-order valence-corrected chi connectivity index (χ3v) is 2.78. The molecule has 0 aliphatic carbocycles. The van der Waals surface area contributed by atoms with E-state index in [1.807, 2.05) is 13.8 Å². The minimum Gasteiger partial charge on any atom is -0.505 e. The van der Waals surface area contributed by atoms with E-state index in [2.05, 4.69) is 5.32 Å². The average Bonchev–Trinajstić information content (AvgIpc) is 2.31. The van der Waals surface area contributed by atoms with Crippen molar-refractivity contribution in [2.75, 3.05) is 19.5 Å². The molecule has 0 aliphatic rings. The summed E-state index contributed by atoms with van der Waals surface area (Å²) in [5.41, 5.74) is 5.92. The Morgan fingerprint density at radius 1 is 1.50 bits per heavy atom. The van der Waals surface area contributed by atoms with Crippen molar-refractivity contribution >= 4 is 11.6 Å². The molecule has 0 aliphatic heterocycles. The molecule has 1 aromatic rings. The summed E-state index contributed by atoms with van der Waals surface area (Å²) < 4.78 is 5.05. The van der Waals surface area contributed by atoms with Crippen LogP contribution in [-0.2, 0) is 4.74 Å². The number of nitrogen functional groups attached to an aromatic ring is 1. The van der Waals surface area contributed by atoms with Crippen molar-refractivity contribution in [1.29, 1.82) is 0 Å². The maximum absolute atomic E-state index is 12.0. The Morgan fingerprint density at radius 3 is 2.72 bits per heavy atom. The Hall–Kier alpha value is -1.75. The number of rotatable bonds is 5. The molecule has 4 N–H and O–H groups in total. The number of ether oxygens (including phenoxy) is 1. The van der Waals surface area contributed by atoms with E-state index < -0.39 is 0 Å². The monoisotopic (exact) mass is 252 g/mol. The lowest BCUT2D eigenvalue weighted by atomic mass is 10.0. The van der Waals surface area contributed by atoms with Gasteiger partial charge in [0.25, 0.3) is 5.91 Å². The number of phenolic OH excluding ortho intramolecular Hbond substituents is 1. The summed E-state index contributed by atoms with van der Waals surface area (Å²) in [5, 5.41) is 12.6. The molecule has 1 amide bonds. The topological polar surface area (TPSA) is 84.6 Å². The highest BCUT2D eigenvalue weighted by atomic mass is 16.5. The van der Waals surface area contributed by atoms with Crippen LogP contribution in [0.15, 0.2) is 18.2 Å². The third kappa shape index (κ3) is 3.37. The van der Waals surface area contributed by atoms with E-state index in [4.69, 9.17) is 10.5 Å². The van der Waals surface area contributed by atoms with Gasteiger partial charge in [-0.1, -0.05) is 19.9 Å². The fourth-order valence-corrected chi connectivity index (χ4v) is 1.57.